The van der Waals surface area contributed by atoms with Crippen LogP contribution in [-0.2, 0) is 0 Å². The van der Waals surface area contributed by atoms with Crippen LogP contribution in [0.5, 0.6) is 0 Å². The Balaban J connectivity index is 2.06. The van der Waals surface area contributed by atoms with Gasteiger partial charge in [0.25, 0.3) is 5.91 Å². The average molecular weight is 208 g/mol. The average Bonchev–Trinajstić information content (AvgIpc) is 2.53. The van der Waals surface area contributed by atoms with E-state index in [9.17, 15) is 4.79 Å². The Morgan fingerprint density at radius 3 is 2.40 bits per heavy atom. The summed E-state index contributed by atoms with van der Waals surface area (Å²) < 4.78 is 5.13. The molecule has 0 spiro atoms. The standard InChI is InChI=1S/C11H16N2O2/c12-10-6-5-9(15-10)11(14)13-7-3-1-2-4-8-13/h5-6H,1-4,7-8,12H2. The Labute approximate surface area is 89.0 Å². The van der Waals surface area contributed by atoms with Crippen LogP contribution >= 0.6 is 0 Å². The van der Waals surface area contributed by atoms with Crippen LogP contribution in [0.4, 0.5) is 5.88 Å². The molecule has 1 aliphatic rings. The summed E-state index contributed by atoms with van der Waals surface area (Å²) in [7, 11) is 0. The molecule has 1 saturated heterocycles. The van der Waals surface area contributed by atoms with E-state index in [1.54, 1.807) is 12.1 Å². The van der Waals surface area contributed by atoms with Crippen LogP contribution < -0.4 is 5.73 Å². The normalized spacial score (nSPS) is 17.5. The van der Waals surface area contributed by atoms with Gasteiger partial charge in [0, 0.05) is 19.2 Å². The van der Waals surface area contributed by atoms with Crippen LogP contribution in [-0.4, -0.2) is 23.9 Å². The van der Waals surface area contributed by atoms with Crippen molar-refractivity contribution in [1.82, 2.24) is 4.90 Å². The summed E-state index contributed by atoms with van der Waals surface area (Å²) in [5.41, 5.74) is 5.44. The maximum Gasteiger partial charge on any atom is 0.289 e. The predicted molar refractivity (Wildman–Crippen MR) is 57.5 cm³/mol. The lowest BCUT2D eigenvalue weighted by molar-refractivity contribution is 0.0731. The Hall–Kier alpha value is -1.45. The highest BCUT2D eigenvalue weighted by Crippen LogP contribution is 2.15. The zero-order chi connectivity index (χ0) is 10.7. The van der Waals surface area contributed by atoms with Gasteiger partial charge in [-0.05, 0) is 18.9 Å². The summed E-state index contributed by atoms with van der Waals surface area (Å²) in [4.78, 5) is 13.8. The first kappa shape index (κ1) is 10.1. The molecule has 4 nitrogen and oxygen atoms in total. The monoisotopic (exact) mass is 208 g/mol. The second kappa shape index (κ2) is 4.38. The number of likely N-dealkylation sites (tertiary alicyclic amines) is 1. The van der Waals surface area contributed by atoms with Crippen molar-refractivity contribution in [3.8, 4) is 0 Å². The molecule has 2 rings (SSSR count). The molecular weight excluding hydrogens is 192 g/mol. The van der Waals surface area contributed by atoms with Crippen molar-refractivity contribution in [2.45, 2.75) is 25.7 Å². The minimum Gasteiger partial charge on any atom is -0.436 e. The molecule has 0 unspecified atom stereocenters. The van der Waals surface area contributed by atoms with Crippen molar-refractivity contribution < 1.29 is 9.21 Å². The number of furan rings is 1. The molecule has 0 radical (unpaired) electrons. The molecule has 0 atom stereocenters. The second-order valence-corrected chi connectivity index (χ2v) is 3.91. The Bertz CT molecular complexity index is 338. The lowest BCUT2D eigenvalue weighted by Gasteiger charge is -2.18. The van der Waals surface area contributed by atoms with E-state index in [2.05, 4.69) is 0 Å². The van der Waals surface area contributed by atoms with E-state index >= 15 is 0 Å². The summed E-state index contributed by atoms with van der Waals surface area (Å²) in [5.74, 6) is 0.621. The molecule has 0 aromatic carbocycles. The third-order valence-corrected chi connectivity index (χ3v) is 2.73. The van der Waals surface area contributed by atoms with E-state index in [1.807, 2.05) is 4.90 Å². The number of hydrogen-bond donors (Lipinski definition) is 1. The van der Waals surface area contributed by atoms with Gasteiger partial charge in [-0.25, -0.2) is 0 Å². The third kappa shape index (κ3) is 2.32. The van der Waals surface area contributed by atoms with E-state index in [0.29, 0.717) is 11.6 Å². The first-order chi connectivity index (χ1) is 7.27. The first-order valence-corrected chi connectivity index (χ1v) is 5.42. The van der Waals surface area contributed by atoms with E-state index < -0.39 is 0 Å². The van der Waals surface area contributed by atoms with Gasteiger partial charge in [-0.15, -0.1) is 0 Å². The highest BCUT2D eigenvalue weighted by molar-refractivity contribution is 5.91. The van der Waals surface area contributed by atoms with Gasteiger partial charge >= 0.3 is 0 Å². The number of nitrogen functional groups attached to an aromatic ring is 1. The summed E-state index contributed by atoms with van der Waals surface area (Å²) in [6.45, 7) is 1.67. The van der Waals surface area contributed by atoms with Crippen molar-refractivity contribution in [2.24, 2.45) is 0 Å². The molecule has 15 heavy (non-hydrogen) atoms. The molecule has 1 amide bonds. The fraction of sp³-hybridized carbons (Fsp3) is 0.545. The molecular formula is C11H16N2O2. The molecule has 1 fully saturated rings. The molecule has 2 N–H and O–H groups in total. The highest BCUT2D eigenvalue weighted by atomic mass is 16.4. The quantitative estimate of drug-likeness (QED) is 0.766. The van der Waals surface area contributed by atoms with Crippen LogP contribution in [0.3, 0.4) is 0 Å². The molecule has 1 aliphatic heterocycles. The minimum absolute atomic E-state index is 0.0337. The SMILES string of the molecule is Nc1ccc(C(=O)N2CCCCCC2)o1. The molecule has 2 heterocycles. The number of nitrogens with two attached hydrogens (primary N) is 1. The van der Waals surface area contributed by atoms with Crippen LogP contribution in [0, 0.1) is 0 Å². The van der Waals surface area contributed by atoms with Gasteiger partial charge in [0.2, 0.25) is 0 Å². The van der Waals surface area contributed by atoms with Gasteiger partial charge in [0.15, 0.2) is 11.6 Å². The zero-order valence-electron chi connectivity index (χ0n) is 8.74. The Kier molecular flexibility index (Phi) is 2.94. The van der Waals surface area contributed by atoms with Gasteiger partial charge in [-0.1, -0.05) is 12.8 Å². The van der Waals surface area contributed by atoms with Crippen LogP contribution in [0.1, 0.15) is 36.2 Å². The lowest BCUT2D eigenvalue weighted by Crippen LogP contribution is -2.31. The summed E-state index contributed by atoms with van der Waals surface area (Å²) in [5, 5.41) is 0. The minimum atomic E-state index is -0.0337. The predicted octanol–water partition coefficient (Wildman–Crippen LogP) is 1.88. The molecule has 1 aromatic heterocycles. The van der Waals surface area contributed by atoms with Gasteiger partial charge < -0.3 is 15.1 Å². The number of nitrogens with zero attached hydrogens (tertiary/aromatic N) is 1. The fourth-order valence-corrected chi connectivity index (χ4v) is 1.90. The number of anilines is 1. The van der Waals surface area contributed by atoms with Crippen molar-refractivity contribution in [3.63, 3.8) is 0 Å². The van der Waals surface area contributed by atoms with Crippen molar-refractivity contribution in [1.29, 1.82) is 0 Å². The number of amides is 1. The van der Waals surface area contributed by atoms with Gasteiger partial charge in [0.05, 0.1) is 0 Å². The van der Waals surface area contributed by atoms with E-state index in [1.165, 1.54) is 12.8 Å². The van der Waals surface area contributed by atoms with E-state index in [0.717, 1.165) is 25.9 Å². The van der Waals surface area contributed by atoms with Crippen molar-refractivity contribution in [2.75, 3.05) is 18.8 Å². The van der Waals surface area contributed by atoms with Crippen LogP contribution in [0.25, 0.3) is 0 Å². The topological polar surface area (TPSA) is 59.5 Å². The van der Waals surface area contributed by atoms with Gasteiger partial charge in [-0.3, -0.25) is 4.79 Å². The second-order valence-electron chi connectivity index (χ2n) is 3.91. The van der Waals surface area contributed by atoms with Crippen molar-refractivity contribution >= 4 is 11.8 Å². The molecule has 0 saturated carbocycles. The highest BCUT2D eigenvalue weighted by Gasteiger charge is 2.19. The van der Waals surface area contributed by atoms with Crippen molar-refractivity contribution in [3.05, 3.63) is 17.9 Å². The van der Waals surface area contributed by atoms with Crippen LogP contribution in [0.15, 0.2) is 16.5 Å². The first-order valence-electron chi connectivity index (χ1n) is 5.42. The number of carbonyl (C=O) groups excluding carboxylic acids is 1. The number of carbonyl (C=O) groups is 1. The smallest absolute Gasteiger partial charge is 0.289 e. The van der Waals surface area contributed by atoms with Crippen LogP contribution in [0.2, 0.25) is 0 Å². The third-order valence-electron chi connectivity index (χ3n) is 2.73. The summed E-state index contributed by atoms with van der Waals surface area (Å²) in [6.07, 6.45) is 4.60. The molecule has 4 heteroatoms. The lowest BCUT2D eigenvalue weighted by atomic mass is 10.2. The molecule has 82 valence electrons. The van der Waals surface area contributed by atoms with E-state index in [-0.39, 0.29) is 5.91 Å². The number of rotatable bonds is 1. The van der Waals surface area contributed by atoms with E-state index in [4.69, 9.17) is 10.2 Å². The Morgan fingerprint density at radius 2 is 1.87 bits per heavy atom. The maximum atomic E-state index is 11.9. The Morgan fingerprint density at radius 1 is 1.20 bits per heavy atom. The number of hydrogen-bond acceptors (Lipinski definition) is 3. The molecule has 1 aromatic rings. The largest absolute Gasteiger partial charge is 0.436 e. The van der Waals surface area contributed by atoms with Gasteiger partial charge in [0.1, 0.15) is 0 Å². The fourth-order valence-electron chi connectivity index (χ4n) is 1.90. The zero-order valence-corrected chi connectivity index (χ0v) is 8.74. The summed E-state index contributed by atoms with van der Waals surface area (Å²) in [6, 6.07) is 3.26. The maximum absolute atomic E-state index is 11.9. The molecule has 0 bridgehead atoms. The van der Waals surface area contributed by atoms with Gasteiger partial charge in [-0.2, -0.15) is 0 Å². The molecule has 0 aliphatic carbocycles. The summed E-state index contributed by atoms with van der Waals surface area (Å²) >= 11 is 0.